The van der Waals surface area contributed by atoms with Gasteiger partial charge in [0.2, 0.25) is 0 Å². The predicted molar refractivity (Wildman–Crippen MR) is 90.0 cm³/mol. The number of nitrogens with zero attached hydrogens (tertiary/aromatic N) is 1. The van der Waals surface area contributed by atoms with Crippen molar-refractivity contribution in [3.8, 4) is 0 Å². The number of H-pyrrole nitrogens is 1. The molecular formula is C17H25N5. The molecule has 0 amide bonds. The van der Waals surface area contributed by atoms with E-state index in [9.17, 15) is 0 Å². The third kappa shape index (κ3) is 6.43. The van der Waals surface area contributed by atoms with Crippen LogP contribution in [0.25, 0.3) is 0 Å². The van der Waals surface area contributed by atoms with E-state index in [1.165, 1.54) is 5.56 Å². The number of nitrogens with one attached hydrogen (secondary N) is 4. The fourth-order valence-corrected chi connectivity index (χ4v) is 2.29. The monoisotopic (exact) mass is 299 g/mol. The van der Waals surface area contributed by atoms with Crippen LogP contribution in [0.15, 0.2) is 42.9 Å². The Balaban J connectivity index is 1.44. The topological polar surface area (TPSA) is 76.6 Å². The van der Waals surface area contributed by atoms with E-state index in [2.05, 4.69) is 44.9 Å². The molecule has 0 aliphatic carbocycles. The number of unbranched alkanes of at least 4 members (excludes halogenated alkanes) is 1. The first-order valence-electron chi connectivity index (χ1n) is 7.92. The summed E-state index contributed by atoms with van der Waals surface area (Å²) in [5.74, 6) is 0.418. The Hall–Kier alpha value is -2.30. The molecule has 0 fully saturated rings. The van der Waals surface area contributed by atoms with Gasteiger partial charge in [-0.25, -0.2) is 4.98 Å². The van der Waals surface area contributed by atoms with Crippen molar-refractivity contribution in [2.75, 3.05) is 13.1 Å². The summed E-state index contributed by atoms with van der Waals surface area (Å²) in [5.41, 5.74) is 2.45. The number of aryl methyl sites for hydroxylation is 2. The zero-order chi connectivity index (χ0) is 15.5. The molecule has 0 saturated carbocycles. The summed E-state index contributed by atoms with van der Waals surface area (Å²) in [6.07, 6.45) is 8.84. The van der Waals surface area contributed by atoms with Crippen molar-refractivity contribution in [2.24, 2.45) is 0 Å². The third-order valence-electron chi connectivity index (χ3n) is 3.50. The van der Waals surface area contributed by atoms with Gasteiger partial charge in [-0.15, -0.1) is 0 Å². The van der Waals surface area contributed by atoms with Crippen LogP contribution in [0.1, 0.15) is 30.5 Å². The molecule has 118 valence electrons. The van der Waals surface area contributed by atoms with Gasteiger partial charge in [0, 0.05) is 19.3 Å². The zero-order valence-corrected chi connectivity index (χ0v) is 12.9. The molecule has 1 aromatic carbocycles. The highest BCUT2D eigenvalue weighted by atomic mass is 15.1. The van der Waals surface area contributed by atoms with Crippen LogP contribution in [0.3, 0.4) is 0 Å². The van der Waals surface area contributed by atoms with Gasteiger partial charge in [0.1, 0.15) is 0 Å². The number of guanidine groups is 1. The first kappa shape index (κ1) is 16.1. The maximum Gasteiger partial charge on any atom is 0.188 e. The first-order valence-corrected chi connectivity index (χ1v) is 7.92. The van der Waals surface area contributed by atoms with E-state index >= 15 is 0 Å². The average molecular weight is 299 g/mol. The Labute approximate surface area is 132 Å². The van der Waals surface area contributed by atoms with Crippen LogP contribution in [-0.4, -0.2) is 29.0 Å². The van der Waals surface area contributed by atoms with E-state index in [1.807, 2.05) is 12.3 Å². The number of hydrogen-bond donors (Lipinski definition) is 4. The highest BCUT2D eigenvalue weighted by Gasteiger charge is 1.97. The smallest absolute Gasteiger partial charge is 0.188 e. The number of imidazole rings is 1. The van der Waals surface area contributed by atoms with E-state index in [-0.39, 0.29) is 0 Å². The van der Waals surface area contributed by atoms with Crippen molar-refractivity contribution < 1.29 is 0 Å². The van der Waals surface area contributed by atoms with Crippen molar-refractivity contribution in [3.63, 3.8) is 0 Å². The van der Waals surface area contributed by atoms with E-state index in [1.54, 1.807) is 6.33 Å². The summed E-state index contributed by atoms with van der Waals surface area (Å²) in [6, 6.07) is 10.5. The zero-order valence-electron chi connectivity index (χ0n) is 12.9. The van der Waals surface area contributed by atoms with Gasteiger partial charge >= 0.3 is 0 Å². The average Bonchev–Trinajstić information content (AvgIpc) is 3.06. The standard InChI is InChI=1S/C17H25N5/c18-17(21-12-6-10-16-13-19-14-22-16)20-11-5-4-9-15-7-2-1-3-8-15/h1-3,7-8,13-14H,4-6,9-12H2,(H,19,22)(H3,18,20,21). The summed E-state index contributed by atoms with van der Waals surface area (Å²) in [4.78, 5) is 7.12. The van der Waals surface area contributed by atoms with Crippen LogP contribution in [0.2, 0.25) is 0 Å². The molecular weight excluding hydrogens is 274 g/mol. The molecule has 2 aromatic rings. The molecule has 0 radical (unpaired) electrons. The molecule has 1 heterocycles. The van der Waals surface area contributed by atoms with Crippen molar-refractivity contribution in [1.29, 1.82) is 5.41 Å². The van der Waals surface area contributed by atoms with Crippen LogP contribution in [0.4, 0.5) is 0 Å². The quantitative estimate of drug-likeness (QED) is 0.326. The maximum atomic E-state index is 7.80. The van der Waals surface area contributed by atoms with Crippen molar-refractivity contribution in [1.82, 2.24) is 20.6 Å². The first-order chi connectivity index (χ1) is 10.8. The van der Waals surface area contributed by atoms with Crippen molar-refractivity contribution in [3.05, 3.63) is 54.1 Å². The van der Waals surface area contributed by atoms with Gasteiger partial charge in [0.25, 0.3) is 0 Å². The number of hydrogen-bond acceptors (Lipinski definition) is 2. The SMILES string of the molecule is N=C(NCCCCc1ccccc1)NCCCc1c[nH]cn1. The minimum atomic E-state index is 0.418. The fraction of sp³-hybridized carbons (Fsp3) is 0.412. The Morgan fingerprint density at radius 3 is 2.50 bits per heavy atom. The lowest BCUT2D eigenvalue weighted by Gasteiger charge is -2.10. The second-order valence-corrected chi connectivity index (χ2v) is 5.34. The molecule has 0 spiro atoms. The highest BCUT2D eigenvalue weighted by molar-refractivity contribution is 5.76. The molecule has 5 heteroatoms. The molecule has 1 aromatic heterocycles. The van der Waals surface area contributed by atoms with Crippen LogP contribution in [-0.2, 0) is 12.8 Å². The summed E-state index contributed by atoms with van der Waals surface area (Å²) >= 11 is 0. The molecule has 22 heavy (non-hydrogen) atoms. The summed E-state index contributed by atoms with van der Waals surface area (Å²) in [6.45, 7) is 1.64. The molecule has 2 rings (SSSR count). The second-order valence-electron chi connectivity index (χ2n) is 5.34. The second kappa shape index (κ2) is 9.60. The van der Waals surface area contributed by atoms with E-state index in [0.717, 1.165) is 50.9 Å². The largest absolute Gasteiger partial charge is 0.357 e. The van der Waals surface area contributed by atoms with E-state index in [4.69, 9.17) is 5.41 Å². The van der Waals surface area contributed by atoms with Crippen molar-refractivity contribution >= 4 is 5.96 Å². The number of aromatic nitrogens is 2. The Kier molecular flexibility index (Phi) is 7.02. The van der Waals surface area contributed by atoms with Gasteiger partial charge in [0.15, 0.2) is 5.96 Å². The fourth-order valence-electron chi connectivity index (χ4n) is 2.29. The molecule has 0 atom stereocenters. The van der Waals surface area contributed by atoms with E-state index in [0.29, 0.717) is 5.96 Å². The molecule has 0 unspecified atom stereocenters. The lowest BCUT2D eigenvalue weighted by molar-refractivity contribution is 0.683. The Morgan fingerprint density at radius 1 is 1.00 bits per heavy atom. The third-order valence-corrected chi connectivity index (χ3v) is 3.50. The van der Waals surface area contributed by atoms with Gasteiger partial charge < -0.3 is 15.6 Å². The van der Waals surface area contributed by atoms with E-state index < -0.39 is 0 Å². The maximum absolute atomic E-state index is 7.80. The molecule has 5 nitrogen and oxygen atoms in total. The van der Waals surface area contributed by atoms with Crippen LogP contribution >= 0.6 is 0 Å². The Morgan fingerprint density at radius 2 is 1.77 bits per heavy atom. The molecule has 0 aliphatic rings. The lowest BCUT2D eigenvalue weighted by Crippen LogP contribution is -2.37. The minimum Gasteiger partial charge on any atom is -0.357 e. The Bertz CT molecular complexity index is 521. The van der Waals surface area contributed by atoms with Crippen molar-refractivity contribution in [2.45, 2.75) is 32.1 Å². The molecule has 0 aliphatic heterocycles. The number of aromatic amines is 1. The van der Waals surface area contributed by atoms with Crippen LogP contribution < -0.4 is 10.6 Å². The lowest BCUT2D eigenvalue weighted by atomic mass is 10.1. The van der Waals surface area contributed by atoms with Crippen LogP contribution in [0, 0.1) is 5.41 Å². The van der Waals surface area contributed by atoms with Gasteiger partial charge in [-0.05, 0) is 37.7 Å². The van der Waals surface area contributed by atoms with Gasteiger partial charge in [-0.3, -0.25) is 5.41 Å². The number of benzene rings is 1. The van der Waals surface area contributed by atoms with Crippen LogP contribution in [0.5, 0.6) is 0 Å². The van der Waals surface area contributed by atoms with Gasteiger partial charge in [-0.1, -0.05) is 30.3 Å². The summed E-state index contributed by atoms with van der Waals surface area (Å²) < 4.78 is 0. The van der Waals surface area contributed by atoms with Gasteiger partial charge in [-0.2, -0.15) is 0 Å². The summed E-state index contributed by atoms with van der Waals surface area (Å²) in [7, 11) is 0. The molecule has 4 N–H and O–H groups in total. The highest BCUT2D eigenvalue weighted by Crippen LogP contribution is 2.03. The minimum absolute atomic E-state index is 0.418. The predicted octanol–water partition coefficient (Wildman–Crippen LogP) is 2.48. The number of rotatable bonds is 9. The molecule has 0 saturated heterocycles. The molecule has 0 bridgehead atoms. The summed E-state index contributed by atoms with van der Waals surface area (Å²) in [5, 5.41) is 14.0. The normalized spacial score (nSPS) is 10.4. The van der Waals surface area contributed by atoms with Gasteiger partial charge in [0.05, 0.1) is 12.0 Å².